The molecule has 0 spiro atoms. The van der Waals surface area contributed by atoms with Gasteiger partial charge in [-0.25, -0.2) is 14.9 Å². The second-order valence-corrected chi connectivity index (χ2v) is 2.65. The summed E-state index contributed by atoms with van der Waals surface area (Å²) in [7, 11) is 1.29. The summed E-state index contributed by atoms with van der Waals surface area (Å²) in [6, 6.07) is 0. The molecule has 1 amide bonds. The minimum absolute atomic E-state index is 0.252. The highest BCUT2D eigenvalue weighted by Gasteiger charge is 2.25. The molecule has 0 aromatic heterocycles. The van der Waals surface area contributed by atoms with E-state index in [1.54, 1.807) is 0 Å². The predicted octanol–water partition coefficient (Wildman–Crippen LogP) is -0.438. The number of ether oxygens (including phenoxy) is 1. The summed E-state index contributed by atoms with van der Waals surface area (Å²) in [5, 5.41) is 10.9. The summed E-state index contributed by atoms with van der Waals surface area (Å²) in [6.45, 7) is 1.19. The molecule has 0 saturated carbocycles. The Labute approximate surface area is 75.0 Å². The molecule has 1 aliphatic heterocycles. The summed E-state index contributed by atoms with van der Waals surface area (Å²) in [5.41, 5.74) is 0. The zero-order valence-corrected chi connectivity index (χ0v) is 7.30. The lowest BCUT2D eigenvalue weighted by Crippen LogP contribution is -2.50. The number of amides is 1. The van der Waals surface area contributed by atoms with E-state index in [-0.39, 0.29) is 13.1 Å². The van der Waals surface area contributed by atoms with E-state index in [0.29, 0.717) is 13.1 Å². The predicted molar refractivity (Wildman–Crippen MR) is 42.5 cm³/mol. The average Bonchev–Trinajstić information content (AvgIpc) is 2.17. The molecule has 74 valence electrons. The highest BCUT2D eigenvalue weighted by molar-refractivity contribution is 5.67. The Morgan fingerprint density at radius 2 is 1.92 bits per heavy atom. The van der Waals surface area contributed by atoms with Crippen molar-refractivity contribution >= 4 is 6.09 Å². The molecule has 0 radical (unpaired) electrons. The molecule has 0 unspecified atom stereocenters. The van der Waals surface area contributed by atoms with Crippen molar-refractivity contribution in [3.8, 4) is 0 Å². The summed E-state index contributed by atoms with van der Waals surface area (Å²) in [4.78, 5) is 22.7. The molecule has 7 heteroatoms. The average molecular weight is 189 g/mol. The summed E-state index contributed by atoms with van der Waals surface area (Å²) >= 11 is 0. The molecule has 0 atom stereocenters. The fourth-order valence-corrected chi connectivity index (χ4v) is 1.17. The van der Waals surface area contributed by atoms with E-state index < -0.39 is 11.1 Å². The van der Waals surface area contributed by atoms with Crippen LogP contribution >= 0.6 is 0 Å². The molecule has 1 rings (SSSR count). The van der Waals surface area contributed by atoms with E-state index in [1.807, 2.05) is 0 Å². The van der Waals surface area contributed by atoms with E-state index in [4.69, 9.17) is 0 Å². The van der Waals surface area contributed by atoms with E-state index in [2.05, 4.69) is 4.74 Å². The van der Waals surface area contributed by atoms with Crippen LogP contribution in [-0.4, -0.2) is 54.3 Å². The molecular weight excluding hydrogens is 178 g/mol. The highest BCUT2D eigenvalue weighted by atomic mass is 16.7. The first-order valence-corrected chi connectivity index (χ1v) is 3.87. The van der Waals surface area contributed by atoms with Gasteiger partial charge in [0.1, 0.15) is 0 Å². The molecule has 7 nitrogen and oxygen atoms in total. The molecule has 0 aliphatic carbocycles. The van der Waals surface area contributed by atoms with Crippen LogP contribution in [-0.2, 0) is 4.74 Å². The van der Waals surface area contributed by atoms with Gasteiger partial charge in [0.25, 0.3) is 0 Å². The van der Waals surface area contributed by atoms with E-state index in [1.165, 1.54) is 12.0 Å². The van der Waals surface area contributed by atoms with Crippen molar-refractivity contribution in [3.63, 3.8) is 0 Å². The lowest BCUT2D eigenvalue weighted by Gasteiger charge is -2.28. The van der Waals surface area contributed by atoms with E-state index >= 15 is 0 Å². The molecule has 1 saturated heterocycles. The molecule has 0 bridgehead atoms. The van der Waals surface area contributed by atoms with Crippen molar-refractivity contribution in [3.05, 3.63) is 10.1 Å². The van der Waals surface area contributed by atoms with Crippen molar-refractivity contribution in [2.24, 2.45) is 0 Å². The number of hydrogen-bond donors (Lipinski definition) is 0. The van der Waals surface area contributed by atoms with E-state index in [0.717, 1.165) is 5.01 Å². The maximum absolute atomic E-state index is 11.0. The van der Waals surface area contributed by atoms with Crippen LogP contribution in [0.15, 0.2) is 0 Å². The summed E-state index contributed by atoms with van der Waals surface area (Å²) < 4.78 is 4.48. The van der Waals surface area contributed by atoms with Crippen LogP contribution in [0.3, 0.4) is 0 Å². The standard InChI is InChI=1S/C6H11N3O4/c1-13-6(10)7-2-4-8(5-3-7)9(11)12/h2-5H2,1H3. The fourth-order valence-electron chi connectivity index (χ4n) is 1.17. The SMILES string of the molecule is COC(=O)N1CCN([N+](=O)[O-])CC1. The maximum Gasteiger partial charge on any atom is 0.409 e. The summed E-state index contributed by atoms with van der Waals surface area (Å²) in [5.74, 6) is 0. The molecular formula is C6H11N3O4. The van der Waals surface area contributed by atoms with Gasteiger partial charge in [-0.2, -0.15) is 0 Å². The van der Waals surface area contributed by atoms with Crippen LogP contribution in [0.4, 0.5) is 4.79 Å². The van der Waals surface area contributed by atoms with Gasteiger partial charge in [0.05, 0.1) is 20.2 Å². The first kappa shape index (κ1) is 9.56. The Hall–Kier alpha value is -1.53. The lowest BCUT2D eigenvalue weighted by molar-refractivity contribution is -0.657. The summed E-state index contributed by atoms with van der Waals surface area (Å²) in [6.07, 6.45) is -0.428. The molecule has 1 heterocycles. The van der Waals surface area contributed by atoms with Crippen LogP contribution in [0.1, 0.15) is 0 Å². The van der Waals surface area contributed by atoms with Crippen LogP contribution in [0.2, 0.25) is 0 Å². The van der Waals surface area contributed by atoms with Gasteiger partial charge in [0, 0.05) is 13.1 Å². The van der Waals surface area contributed by atoms with Gasteiger partial charge in [-0.1, -0.05) is 0 Å². The third-order valence-corrected chi connectivity index (χ3v) is 1.92. The van der Waals surface area contributed by atoms with Gasteiger partial charge >= 0.3 is 6.09 Å². The normalized spacial score (nSPS) is 17.0. The first-order chi connectivity index (χ1) is 6.15. The zero-order valence-electron chi connectivity index (χ0n) is 7.30. The van der Waals surface area contributed by atoms with Crippen molar-refractivity contribution < 1.29 is 14.6 Å². The highest BCUT2D eigenvalue weighted by Crippen LogP contribution is 2.02. The third kappa shape index (κ3) is 2.20. The van der Waals surface area contributed by atoms with Crippen LogP contribution in [0.5, 0.6) is 0 Å². The zero-order chi connectivity index (χ0) is 9.84. The van der Waals surface area contributed by atoms with E-state index in [9.17, 15) is 14.9 Å². The molecule has 0 N–H and O–H groups in total. The van der Waals surface area contributed by atoms with Gasteiger partial charge < -0.3 is 9.64 Å². The van der Waals surface area contributed by atoms with Gasteiger partial charge in [-0.3, -0.25) is 0 Å². The van der Waals surface area contributed by atoms with Crippen LogP contribution in [0.25, 0.3) is 0 Å². The van der Waals surface area contributed by atoms with Crippen molar-refractivity contribution in [2.75, 3.05) is 33.3 Å². The van der Waals surface area contributed by atoms with Crippen molar-refractivity contribution in [2.45, 2.75) is 0 Å². The number of carbonyl (C=O) groups is 1. The molecule has 1 aliphatic rings. The number of carbonyl (C=O) groups excluding carboxylic acids is 1. The fraction of sp³-hybridized carbons (Fsp3) is 0.833. The van der Waals surface area contributed by atoms with Gasteiger partial charge in [-0.15, -0.1) is 5.01 Å². The van der Waals surface area contributed by atoms with Gasteiger partial charge in [-0.05, 0) is 0 Å². The Morgan fingerprint density at radius 3 is 2.31 bits per heavy atom. The number of rotatable bonds is 1. The lowest BCUT2D eigenvalue weighted by atomic mass is 10.4. The third-order valence-electron chi connectivity index (χ3n) is 1.92. The minimum Gasteiger partial charge on any atom is -0.453 e. The first-order valence-electron chi connectivity index (χ1n) is 3.87. The largest absolute Gasteiger partial charge is 0.453 e. The van der Waals surface area contributed by atoms with Crippen molar-refractivity contribution in [1.29, 1.82) is 0 Å². The molecule has 0 aromatic carbocycles. The second-order valence-electron chi connectivity index (χ2n) is 2.65. The smallest absolute Gasteiger partial charge is 0.409 e. The Bertz CT molecular complexity index is 212. The molecule has 13 heavy (non-hydrogen) atoms. The Morgan fingerprint density at radius 1 is 1.38 bits per heavy atom. The number of hydrogen-bond acceptors (Lipinski definition) is 4. The number of piperazine rings is 1. The van der Waals surface area contributed by atoms with Crippen LogP contribution in [0, 0.1) is 10.1 Å². The number of nitrogens with zero attached hydrogens (tertiary/aromatic N) is 3. The molecule has 0 aromatic rings. The number of methoxy groups -OCH3 is 1. The van der Waals surface area contributed by atoms with Gasteiger partial charge in [0.2, 0.25) is 0 Å². The van der Waals surface area contributed by atoms with Crippen LogP contribution < -0.4 is 0 Å². The minimum atomic E-state index is -0.450. The maximum atomic E-state index is 11.0. The topological polar surface area (TPSA) is 75.9 Å². The monoisotopic (exact) mass is 189 g/mol. The number of nitro groups is 1. The second kappa shape index (κ2) is 3.92. The van der Waals surface area contributed by atoms with Gasteiger partial charge in [0.15, 0.2) is 5.03 Å². The molecule has 1 fully saturated rings. The van der Waals surface area contributed by atoms with Crippen molar-refractivity contribution in [1.82, 2.24) is 9.91 Å². The number of hydrazine groups is 1. The quantitative estimate of drug-likeness (QED) is 0.413. The Kier molecular flexibility index (Phi) is 2.88. The Balaban J connectivity index is 2.39.